The van der Waals surface area contributed by atoms with E-state index in [9.17, 15) is 0 Å². The van der Waals surface area contributed by atoms with Crippen LogP contribution in [0.3, 0.4) is 0 Å². The van der Waals surface area contributed by atoms with Crippen molar-refractivity contribution in [2.24, 2.45) is 5.92 Å². The number of aromatic nitrogens is 2. The normalized spacial score (nSPS) is 27.4. The first kappa shape index (κ1) is 13.9. The first-order valence-corrected chi connectivity index (χ1v) is 8.94. The van der Waals surface area contributed by atoms with Crippen LogP contribution >= 0.6 is 11.5 Å². The van der Waals surface area contributed by atoms with Gasteiger partial charge in [-0.2, -0.15) is 4.37 Å². The lowest BCUT2D eigenvalue weighted by atomic mass is 10.1. The minimum Gasteiger partial charge on any atom is -0.381 e. The summed E-state index contributed by atoms with van der Waals surface area (Å²) in [5, 5.41) is 1.11. The van der Waals surface area contributed by atoms with Gasteiger partial charge in [-0.1, -0.05) is 0 Å². The first-order valence-electron chi connectivity index (χ1n) is 8.16. The maximum atomic E-state index is 6.07. The van der Waals surface area contributed by atoms with Gasteiger partial charge < -0.3 is 14.4 Å². The van der Waals surface area contributed by atoms with Gasteiger partial charge in [0.1, 0.15) is 5.82 Å². The van der Waals surface area contributed by atoms with E-state index in [2.05, 4.69) is 9.27 Å². The van der Waals surface area contributed by atoms with E-state index in [1.54, 1.807) is 11.5 Å². The van der Waals surface area contributed by atoms with Crippen LogP contribution in [0.4, 0.5) is 5.13 Å². The van der Waals surface area contributed by atoms with E-state index in [1.165, 1.54) is 12.8 Å². The molecule has 0 bridgehead atoms. The zero-order chi connectivity index (χ0) is 14.1. The maximum Gasteiger partial charge on any atom is 0.205 e. The van der Waals surface area contributed by atoms with E-state index in [-0.39, 0.29) is 0 Å². The first-order chi connectivity index (χ1) is 10.4. The molecule has 5 nitrogen and oxygen atoms in total. The Morgan fingerprint density at radius 1 is 1.19 bits per heavy atom. The van der Waals surface area contributed by atoms with Gasteiger partial charge in [-0.05, 0) is 32.1 Å². The fraction of sp³-hybridized carbons (Fsp3) is 0.867. The third kappa shape index (κ3) is 3.38. The van der Waals surface area contributed by atoms with Crippen LogP contribution in [0.5, 0.6) is 0 Å². The summed E-state index contributed by atoms with van der Waals surface area (Å²) in [4.78, 5) is 7.08. The molecule has 2 saturated heterocycles. The second-order valence-electron chi connectivity index (χ2n) is 6.46. The van der Waals surface area contributed by atoms with Crippen LogP contribution in [0.1, 0.15) is 43.8 Å². The number of hydrogen-bond donors (Lipinski definition) is 0. The van der Waals surface area contributed by atoms with Gasteiger partial charge in [0.15, 0.2) is 0 Å². The van der Waals surface area contributed by atoms with Crippen molar-refractivity contribution in [2.45, 2.75) is 44.1 Å². The number of rotatable bonds is 5. The summed E-state index contributed by atoms with van der Waals surface area (Å²) in [6.45, 7) is 4.76. The SMILES string of the molecule is C1CC(COC2CCN(c3nc(C4CC4)ns3)CC2)CO1. The average Bonchev–Trinajstić information content (AvgIpc) is 3.04. The summed E-state index contributed by atoms with van der Waals surface area (Å²) >= 11 is 1.57. The Kier molecular flexibility index (Phi) is 4.10. The largest absolute Gasteiger partial charge is 0.381 e. The molecule has 0 aromatic carbocycles. The molecule has 2 aliphatic heterocycles. The monoisotopic (exact) mass is 309 g/mol. The number of nitrogens with zero attached hydrogens (tertiary/aromatic N) is 3. The Morgan fingerprint density at radius 2 is 2.05 bits per heavy atom. The topological polar surface area (TPSA) is 47.5 Å². The van der Waals surface area contributed by atoms with Crippen molar-refractivity contribution < 1.29 is 9.47 Å². The predicted octanol–water partition coefficient (Wildman–Crippen LogP) is 2.44. The zero-order valence-electron chi connectivity index (χ0n) is 12.4. The van der Waals surface area contributed by atoms with Crippen LogP contribution in [0.25, 0.3) is 0 Å². The van der Waals surface area contributed by atoms with Gasteiger partial charge in [0.2, 0.25) is 5.13 Å². The standard InChI is InChI=1S/C15H23N3O2S/c1-2-12(1)14-16-15(21-17-14)18-6-3-13(4-7-18)20-10-11-5-8-19-9-11/h11-13H,1-10H2. The molecule has 0 radical (unpaired) electrons. The van der Waals surface area contributed by atoms with Crippen molar-refractivity contribution in [2.75, 3.05) is 37.8 Å². The third-order valence-corrected chi connectivity index (χ3v) is 5.47. The Morgan fingerprint density at radius 3 is 2.76 bits per heavy atom. The van der Waals surface area contributed by atoms with E-state index >= 15 is 0 Å². The van der Waals surface area contributed by atoms with Crippen molar-refractivity contribution >= 4 is 16.7 Å². The highest BCUT2D eigenvalue weighted by Gasteiger charge is 2.29. The van der Waals surface area contributed by atoms with Crippen LogP contribution < -0.4 is 4.90 Å². The fourth-order valence-electron chi connectivity index (χ4n) is 3.06. The van der Waals surface area contributed by atoms with Gasteiger partial charge in [0.25, 0.3) is 0 Å². The maximum absolute atomic E-state index is 6.07. The summed E-state index contributed by atoms with van der Waals surface area (Å²) in [5.74, 6) is 2.35. The Bertz CT molecular complexity index is 463. The molecule has 1 atom stereocenters. The Labute approximate surface area is 129 Å². The van der Waals surface area contributed by atoms with E-state index in [0.29, 0.717) is 17.9 Å². The van der Waals surface area contributed by atoms with Crippen LogP contribution in [-0.2, 0) is 9.47 Å². The molecule has 3 aliphatic rings. The molecule has 3 heterocycles. The molecule has 0 N–H and O–H groups in total. The van der Waals surface area contributed by atoms with Crippen molar-refractivity contribution in [3.05, 3.63) is 5.82 Å². The second-order valence-corrected chi connectivity index (χ2v) is 7.19. The number of piperidine rings is 1. The van der Waals surface area contributed by atoms with Gasteiger partial charge in [-0.25, -0.2) is 4.98 Å². The zero-order valence-corrected chi connectivity index (χ0v) is 13.2. The number of ether oxygens (including phenoxy) is 2. The molecule has 1 aromatic rings. The molecule has 3 fully saturated rings. The molecule has 21 heavy (non-hydrogen) atoms. The van der Waals surface area contributed by atoms with Crippen LogP contribution in [0.2, 0.25) is 0 Å². The molecular weight excluding hydrogens is 286 g/mol. The summed E-state index contributed by atoms with van der Waals surface area (Å²) in [5.41, 5.74) is 0. The van der Waals surface area contributed by atoms with Gasteiger partial charge in [-0.3, -0.25) is 0 Å². The molecule has 116 valence electrons. The lowest BCUT2D eigenvalue weighted by Gasteiger charge is -2.31. The summed E-state index contributed by atoms with van der Waals surface area (Å²) in [6.07, 6.45) is 6.33. The molecule has 1 aromatic heterocycles. The molecule has 1 saturated carbocycles. The molecule has 4 rings (SSSR count). The van der Waals surface area contributed by atoms with Crippen molar-refractivity contribution in [3.63, 3.8) is 0 Å². The summed E-state index contributed by atoms with van der Waals surface area (Å²) in [6, 6.07) is 0. The fourth-order valence-corrected chi connectivity index (χ4v) is 3.86. The van der Waals surface area contributed by atoms with Crippen LogP contribution in [0.15, 0.2) is 0 Å². The molecule has 6 heteroatoms. The molecule has 0 amide bonds. The van der Waals surface area contributed by atoms with Gasteiger partial charge in [-0.15, -0.1) is 0 Å². The second kappa shape index (κ2) is 6.18. The molecule has 0 spiro atoms. The van der Waals surface area contributed by atoms with Crippen molar-refractivity contribution in [3.8, 4) is 0 Å². The molecule has 1 aliphatic carbocycles. The summed E-state index contributed by atoms with van der Waals surface area (Å²) < 4.78 is 16.0. The quantitative estimate of drug-likeness (QED) is 0.836. The minimum absolute atomic E-state index is 0.415. The molecular formula is C15H23N3O2S. The number of anilines is 1. The Hall–Kier alpha value is -0.720. The highest BCUT2D eigenvalue weighted by Crippen LogP contribution is 2.40. The molecule has 1 unspecified atom stereocenters. The highest BCUT2D eigenvalue weighted by molar-refractivity contribution is 7.09. The lowest BCUT2D eigenvalue weighted by Crippen LogP contribution is -2.37. The van der Waals surface area contributed by atoms with Gasteiger partial charge >= 0.3 is 0 Å². The van der Waals surface area contributed by atoms with Crippen molar-refractivity contribution in [1.29, 1.82) is 0 Å². The van der Waals surface area contributed by atoms with Crippen LogP contribution in [0, 0.1) is 5.92 Å². The smallest absolute Gasteiger partial charge is 0.205 e. The van der Waals surface area contributed by atoms with Crippen LogP contribution in [-0.4, -0.2) is 48.4 Å². The van der Waals surface area contributed by atoms with Crippen molar-refractivity contribution in [1.82, 2.24) is 9.36 Å². The number of hydrogen-bond acceptors (Lipinski definition) is 6. The van der Waals surface area contributed by atoms with Gasteiger partial charge in [0.05, 0.1) is 19.3 Å². The Balaban J connectivity index is 1.23. The minimum atomic E-state index is 0.415. The predicted molar refractivity (Wildman–Crippen MR) is 82.0 cm³/mol. The van der Waals surface area contributed by atoms with E-state index in [4.69, 9.17) is 14.5 Å². The van der Waals surface area contributed by atoms with E-state index in [0.717, 1.165) is 63.1 Å². The summed E-state index contributed by atoms with van der Waals surface area (Å²) in [7, 11) is 0. The third-order valence-electron chi connectivity index (χ3n) is 4.68. The average molecular weight is 309 g/mol. The van der Waals surface area contributed by atoms with E-state index in [1.807, 2.05) is 0 Å². The highest BCUT2D eigenvalue weighted by atomic mass is 32.1. The van der Waals surface area contributed by atoms with E-state index < -0.39 is 0 Å². The lowest BCUT2D eigenvalue weighted by molar-refractivity contribution is 0.0131. The van der Waals surface area contributed by atoms with Gasteiger partial charge in [0, 0.05) is 43.1 Å².